The number of hydrogen-bond acceptors (Lipinski definition) is 4. The van der Waals surface area contributed by atoms with Gasteiger partial charge in [0.05, 0.1) is 6.10 Å². The third-order valence-corrected chi connectivity index (χ3v) is 5.15. The first-order valence-electron chi connectivity index (χ1n) is 9.64. The lowest BCUT2D eigenvalue weighted by Gasteiger charge is -2.37. The molecule has 5 nitrogen and oxygen atoms in total. The molecule has 138 valence electrons. The number of ether oxygens (including phenoxy) is 1. The van der Waals surface area contributed by atoms with Gasteiger partial charge in [0.15, 0.2) is 0 Å². The molecule has 0 aliphatic carbocycles. The highest BCUT2D eigenvalue weighted by Gasteiger charge is 2.20. The molecule has 2 heterocycles. The molecule has 2 aliphatic rings. The number of para-hydroxylation sites is 1. The van der Waals surface area contributed by atoms with E-state index in [1.54, 1.807) is 0 Å². The summed E-state index contributed by atoms with van der Waals surface area (Å²) in [7, 11) is 0. The van der Waals surface area contributed by atoms with Crippen molar-refractivity contribution in [3.8, 4) is 0 Å². The van der Waals surface area contributed by atoms with Crippen LogP contribution in [0.5, 0.6) is 0 Å². The number of nitrogens with one attached hydrogen (secondary N) is 1. The third kappa shape index (κ3) is 5.72. The molecule has 2 aliphatic heterocycles. The van der Waals surface area contributed by atoms with Crippen LogP contribution < -0.4 is 10.2 Å². The van der Waals surface area contributed by atoms with Gasteiger partial charge >= 0.3 is 0 Å². The first-order chi connectivity index (χ1) is 12.2. The number of carbonyl (C=O) groups is 1. The SMILES string of the molecule is C[C@@H](CN1CCN(c2ccccc2)CC1)NC(=O)CC[C@H]1CCCO1. The standard InChI is InChI=1S/C20H31N3O2/c1-17(21-20(24)10-9-19-8-5-15-25-19)16-22-11-13-23(14-12-22)18-6-3-2-4-7-18/h2-4,6-7,17,19H,5,8-16H2,1H3,(H,21,24)/t17-,19+/m0/s1. The minimum absolute atomic E-state index is 0.158. The molecule has 1 aromatic rings. The molecule has 1 N–H and O–H groups in total. The van der Waals surface area contributed by atoms with Gasteiger partial charge in [-0.05, 0) is 38.3 Å². The Morgan fingerprint density at radius 2 is 2.00 bits per heavy atom. The Bertz CT molecular complexity index is 523. The zero-order valence-corrected chi connectivity index (χ0v) is 15.3. The topological polar surface area (TPSA) is 44.8 Å². The number of rotatable bonds is 7. The second-order valence-corrected chi connectivity index (χ2v) is 7.27. The van der Waals surface area contributed by atoms with Gasteiger partial charge in [-0.25, -0.2) is 0 Å². The summed E-state index contributed by atoms with van der Waals surface area (Å²) in [6.45, 7) is 8.07. The van der Waals surface area contributed by atoms with Crippen LogP contribution in [0.4, 0.5) is 5.69 Å². The maximum atomic E-state index is 12.1. The quantitative estimate of drug-likeness (QED) is 0.823. The zero-order valence-electron chi connectivity index (χ0n) is 15.3. The second-order valence-electron chi connectivity index (χ2n) is 7.27. The molecule has 0 aromatic heterocycles. The number of piperazine rings is 1. The van der Waals surface area contributed by atoms with Gasteiger partial charge in [-0.2, -0.15) is 0 Å². The number of anilines is 1. The molecule has 1 amide bonds. The minimum atomic E-state index is 0.158. The van der Waals surface area contributed by atoms with Crippen LogP contribution in [0.3, 0.4) is 0 Å². The van der Waals surface area contributed by atoms with E-state index in [1.165, 1.54) is 5.69 Å². The van der Waals surface area contributed by atoms with E-state index in [4.69, 9.17) is 4.74 Å². The predicted molar refractivity (Wildman–Crippen MR) is 101 cm³/mol. The molecular formula is C20H31N3O2. The van der Waals surface area contributed by atoms with Crippen LogP contribution in [0, 0.1) is 0 Å². The lowest BCUT2D eigenvalue weighted by atomic mass is 10.1. The van der Waals surface area contributed by atoms with Gasteiger partial charge in [0, 0.05) is 57.5 Å². The van der Waals surface area contributed by atoms with E-state index in [0.29, 0.717) is 12.5 Å². The highest BCUT2D eigenvalue weighted by Crippen LogP contribution is 2.17. The Kier molecular flexibility index (Phi) is 6.70. The number of amides is 1. The molecule has 0 spiro atoms. The average Bonchev–Trinajstić information content (AvgIpc) is 3.15. The first kappa shape index (κ1) is 18.2. The van der Waals surface area contributed by atoms with Crippen molar-refractivity contribution in [2.24, 2.45) is 0 Å². The highest BCUT2D eigenvalue weighted by molar-refractivity contribution is 5.76. The van der Waals surface area contributed by atoms with Crippen LogP contribution in [0.15, 0.2) is 30.3 Å². The van der Waals surface area contributed by atoms with Crippen molar-refractivity contribution >= 4 is 11.6 Å². The molecule has 1 aromatic carbocycles. The molecule has 0 bridgehead atoms. The van der Waals surface area contributed by atoms with E-state index >= 15 is 0 Å². The van der Waals surface area contributed by atoms with Gasteiger partial charge in [-0.1, -0.05) is 18.2 Å². The van der Waals surface area contributed by atoms with E-state index in [2.05, 4.69) is 52.4 Å². The van der Waals surface area contributed by atoms with Crippen LogP contribution in [0.1, 0.15) is 32.6 Å². The summed E-state index contributed by atoms with van der Waals surface area (Å²) in [6.07, 6.45) is 3.98. The Labute approximate surface area is 151 Å². The molecule has 0 saturated carbocycles. The van der Waals surface area contributed by atoms with E-state index in [1.807, 2.05) is 0 Å². The fraction of sp³-hybridized carbons (Fsp3) is 0.650. The van der Waals surface area contributed by atoms with Crippen LogP contribution in [-0.2, 0) is 9.53 Å². The molecule has 3 rings (SSSR count). The van der Waals surface area contributed by atoms with Crippen LogP contribution in [0.25, 0.3) is 0 Å². The largest absolute Gasteiger partial charge is 0.378 e. The van der Waals surface area contributed by atoms with Crippen molar-refractivity contribution in [2.45, 2.75) is 44.8 Å². The first-order valence-corrected chi connectivity index (χ1v) is 9.64. The van der Waals surface area contributed by atoms with Crippen LogP contribution in [-0.4, -0.2) is 62.3 Å². The zero-order chi connectivity index (χ0) is 17.5. The average molecular weight is 345 g/mol. The summed E-state index contributed by atoms with van der Waals surface area (Å²) in [5.41, 5.74) is 1.30. The Hall–Kier alpha value is -1.59. The molecule has 0 radical (unpaired) electrons. The fourth-order valence-electron chi connectivity index (χ4n) is 3.77. The van der Waals surface area contributed by atoms with Crippen molar-refractivity contribution in [3.05, 3.63) is 30.3 Å². The predicted octanol–water partition coefficient (Wildman–Crippen LogP) is 2.27. The Balaban J connectivity index is 1.33. The summed E-state index contributed by atoms with van der Waals surface area (Å²) < 4.78 is 5.58. The van der Waals surface area contributed by atoms with Gasteiger partial charge in [0.1, 0.15) is 0 Å². The van der Waals surface area contributed by atoms with E-state index < -0.39 is 0 Å². The second kappa shape index (κ2) is 9.20. The molecule has 2 atom stereocenters. The number of hydrogen-bond donors (Lipinski definition) is 1. The normalized spacial score (nSPS) is 22.8. The van der Waals surface area contributed by atoms with E-state index in [-0.39, 0.29) is 11.9 Å². The minimum Gasteiger partial charge on any atom is -0.378 e. The number of carbonyl (C=O) groups excluding carboxylic acids is 1. The highest BCUT2D eigenvalue weighted by atomic mass is 16.5. The summed E-state index contributed by atoms with van der Waals surface area (Å²) in [5.74, 6) is 0.158. The molecule has 5 heteroatoms. The third-order valence-electron chi connectivity index (χ3n) is 5.15. The maximum absolute atomic E-state index is 12.1. The van der Waals surface area contributed by atoms with Crippen LogP contribution >= 0.6 is 0 Å². The van der Waals surface area contributed by atoms with Crippen molar-refractivity contribution < 1.29 is 9.53 Å². The van der Waals surface area contributed by atoms with Crippen molar-refractivity contribution in [1.82, 2.24) is 10.2 Å². The Morgan fingerprint density at radius 3 is 2.68 bits per heavy atom. The summed E-state index contributed by atoms with van der Waals surface area (Å²) in [6, 6.07) is 10.8. The fourth-order valence-corrected chi connectivity index (χ4v) is 3.77. The van der Waals surface area contributed by atoms with E-state index in [0.717, 1.165) is 58.6 Å². The Morgan fingerprint density at radius 1 is 1.24 bits per heavy atom. The lowest BCUT2D eigenvalue weighted by Crippen LogP contribution is -2.50. The van der Waals surface area contributed by atoms with Crippen molar-refractivity contribution in [2.75, 3.05) is 44.2 Å². The van der Waals surface area contributed by atoms with Gasteiger partial charge in [-0.3, -0.25) is 9.69 Å². The monoisotopic (exact) mass is 345 g/mol. The molecule has 0 unspecified atom stereocenters. The molecule has 2 saturated heterocycles. The smallest absolute Gasteiger partial charge is 0.220 e. The number of benzene rings is 1. The van der Waals surface area contributed by atoms with Gasteiger partial charge < -0.3 is 15.0 Å². The van der Waals surface area contributed by atoms with E-state index in [9.17, 15) is 4.79 Å². The van der Waals surface area contributed by atoms with Crippen molar-refractivity contribution in [1.29, 1.82) is 0 Å². The number of nitrogens with zero attached hydrogens (tertiary/aromatic N) is 2. The van der Waals surface area contributed by atoms with Crippen LogP contribution in [0.2, 0.25) is 0 Å². The molecule has 2 fully saturated rings. The summed E-state index contributed by atoms with van der Waals surface area (Å²) in [5, 5.41) is 3.14. The van der Waals surface area contributed by atoms with Gasteiger partial charge in [0.25, 0.3) is 0 Å². The van der Waals surface area contributed by atoms with Gasteiger partial charge in [0.2, 0.25) is 5.91 Å². The maximum Gasteiger partial charge on any atom is 0.220 e. The molecular weight excluding hydrogens is 314 g/mol. The van der Waals surface area contributed by atoms with Gasteiger partial charge in [-0.15, -0.1) is 0 Å². The summed E-state index contributed by atoms with van der Waals surface area (Å²) >= 11 is 0. The molecule has 25 heavy (non-hydrogen) atoms. The lowest BCUT2D eigenvalue weighted by molar-refractivity contribution is -0.122. The van der Waals surface area contributed by atoms with Crippen molar-refractivity contribution in [3.63, 3.8) is 0 Å². The summed E-state index contributed by atoms with van der Waals surface area (Å²) in [4.78, 5) is 17.0.